The first-order valence-corrected chi connectivity index (χ1v) is 9.75. The van der Waals surface area contributed by atoms with Crippen molar-refractivity contribution in [2.45, 2.75) is 44.8 Å². The van der Waals surface area contributed by atoms with Crippen molar-refractivity contribution in [3.8, 4) is 0 Å². The van der Waals surface area contributed by atoms with E-state index in [2.05, 4.69) is 54.3 Å². The number of benzene rings is 2. The van der Waals surface area contributed by atoms with Crippen LogP contribution in [0, 0.1) is 5.92 Å². The Balaban J connectivity index is 1.47. The van der Waals surface area contributed by atoms with Gasteiger partial charge in [-0.2, -0.15) is 0 Å². The minimum Gasteiger partial charge on any atom is -0.378 e. The van der Waals surface area contributed by atoms with Crippen LogP contribution in [0.1, 0.15) is 41.3 Å². The first-order chi connectivity index (χ1) is 12.7. The second-order valence-corrected chi connectivity index (χ2v) is 7.59. The lowest BCUT2D eigenvalue weighted by atomic mass is 9.80. The van der Waals surface area contributed by atoms with Crippen LogP contribution in [0.25, 0.3) is 0 Å². The van der Waals surface area contributed by atoms with Crippen LogP contribution in [-0.4, -0.2) is 36.0 Å². The minimum absolute atomic E-state index is 0.119. The first kappa shape index (κ1) is 17.4. The number of morpholine rings is 1. The van der Waals surface area contributed by atoms with Gasteiger partial charge < -0.3 is 4.74 Å². The SMILES string of the molecule is CCc1ccc(C(=O)C2CC3COCC(C2)N3Cc2ccccc2)cc1. The summed E-state index contributed by atoms with van der Waals surface area (Å²) in [6, 6.07) is 19.5. The van der Waals surface area contributed by atoms with Gasteiger partial charge in [-0.05, 0) is 30.4 Å². The molecule has 0 saturated carbocycles. The number of piperidine rings is 1. The summed E-state index contributed by atoms with van der Waals surface area (Å²) in [4.78, 5) is 15.6. The Hall–Kier alpha value is -1.97. The van der Waals surface area contributed by atoms with Crippen molar-refractivity contribution in [2.24, 2.45) is 5.92 Å². The van der Waals surface area contributed by atoms with Crippen LogP contribution >= 0.6 is 0 Å². The maximum atomic E-state index is 13.0. The van der Waals surface area contributed by atoms with Crippen molar-refractivity contribution < 1.29 is 9.53 Å². The van der Waals surface area contributed by atoms with E-state index in [1.807, 2.05) is 12.1 Å². The highest BCUT2D eigenvalue weighted by molar-refractivity contribution is 5.98. The van der Waals surface area contributed by atoms with Gasteiger partial charge in [-0.1, -0.05) is 61.5 Å². The van der Waals surface area contributed by atoms with E-state index in [1.54, 1.807) is 0 Å². The topological polar surface area (TPSA) is 29.5 Å². The molecule has 3 nitrogen and oxygen atoms in total. The maximum Gasteiger partial charge on any atom is 0.166 e. The van der Waals surface area contributed by atoms with Gasteiger partial charge in [0.05, 0.1) is 13.2 Å². The molecule has 2 atom stereocenters. The van der Waals surface area contributed by atoms with Crippen LogP contribution in [0.2, 0.25) is 0 Å². The third-order valence-electron chi connectivity index (χ3n) is 5.90. The molecule has 0 aliphatic carbocycles. The molecule has 2 aromatic carbocycles. The highest BCUT2D eigenvalue weighted by Crippen LogP contribution is 2.34. The van der Waals surface area contributed by atoms with Crippen molar-refractivity contribution in [3.05, 3.63) is 71.3 Å². The van der Waals surface area contributed by atoms with E-state index in [4.69, 9.17) is 4.74 Å². The van der Waals surface area contributed by atoms with E-state index in [0.717, 1.165) is 44.6 Å². The van der Waals surface area contributed by atoms with Crippen LogP contribution < -0.4 is 0 Å². The molecular formula is C23H27NO2. The smallest absolute Gasteiger partial charge is 0.166 e. The van der Waals surface area contributed by atoms with Crippen molar-refractivity contribution in [2.75, 3.05) is 13.2 Å². The summed E-state index contributed by atoms with van der Waals surface area (Å²) in [6.45, 7) is 4.57. The fourth-order valence-corrected chi connectivity index (χ4v) is 4.40. The van der Waals surface area contributed by atoms with Gasteiger partial charge in [-0.25, -0.2) is 0 Å². The highest BCUT2D eigenvalue weighted by atomic mass is 16.5. The number of carbonyl (C=O) groups is 1. The van der Waals surface area contributed by atoms with Crippen LogP contribution in [0.4, 0.5) is 0 Å². The van der Waals surface area contributed by atoms with Gasteiger partial charge in [-0.15, -0.1) is 0 Å². The van der Waals surface area contributed by atoms with Crippen molar-refractivity contribution >= 4 is 5.78 Å². The summed E-state index contributed by atoms with van der Waals surface area (Å²) in [6.07, 6.45) is 2.81. The molecule has 2 bridgehead atoms. The van der Waals surface area contributed by atoms with Crippen LogP contribution in [0.15, 0.2) is 54.6 Å². The van der Waals surface area contributed by atoms with Gasteiger partial charge in [0.25, 0.3) is 0 Å². The Bertz CT molecular complexity index is 727. The molecule has 2 aliphatic heterocycles. The first-order valence-electron chi connectivity index (χ1n) is 9.75. The predicted octanol–water partition coefficient (Wildman–Crippen LogP) is 4.11. The van der Waals surface area contributed by atoms with E-state index in [9.17, 15) is 4.79 Å². The number of Topliss-reactive ketones (excluding diaryl/α,β-unsaturated/α-hetero) is 1. The van der Waals surface area contributed by atoms with Crippen LogP contribution in [0.5, 0.6) is 0 Å². The third-order valence-corrected chi connectivity index (χ3v) is 5.90. The zero-order valence-electron chi connectivity index (χ0n) is 15.4. The fourth-order valence-electron chi connectivity index (χ4n) is 4.40. The average Bonchev–Trinajstić information content (AvgIpc) is 2.68. The number of ether oxygens (including phenoxy) is 1. The van der Waals surface area contributed by atoms with E-state index < -0.39 is 0 Å². The lowest BCUT2D eigenvalue weighted by molar-refractivity contribution is -0.0872. The molecule has 2 unspecified atom stereocenters. The summed E-state index contributed by atoms with van der Waals surface area (Å²) in [7, 11) is 0. The van der Waals surface area contributed by atoms with Gasteiger partial charge in [0.2, 0.25) is 0 Å². The molecule has 2 heterocycles. The number of rotatable bonds is 5. The van der Waals surface area contributed by atoms with Crippen LogP contribution in [-0.2, 0) is 17.7 Å². The molecule has 2 aromatic rings. The number of ketones is 1. The zero-order chi connectivity index (χ0) is 17.9. The molecule has 3 heteroatoms. The number of nitrogens with zero attached hydrogens (tertiary/aromatic N) is 1. The summed E-state index contributed by atoms with van der Waals surface area (Å²) in [5.74, 6) is 0.428. The Kier molecular flexibility index (Phi) is 5.18. The van der Waals surface area contributed by atoms with Crippen LogP contribution in [0.3, 0.4) is 0 Å². The van der Waals surface area contributed by atoms with E-state index >= 15 is 0 Å². The van der Waals surface area contributed by atoms with Gasteiger partial charge in [0, 0.05) is 30.1 Å². The monoisotopic (exact) mass is 349 g/mol. The van der Waals surface area contributed by atoms with E-state index in [0.29, 0.717) is 17.9 Å². The normalized spacial score (nSPS) is 25.8. The maximum absolute atomic E-state index is 13.0. The summed E-state index contributed by atoms with van der Waals surface area (Å²) in [5, 5.41) is 0. The number of aryl methyl sites for hydroxylation is 1. The molecule has 0 N–H and O–H groups in total. The second kappa shape index (κ2) is 7.73. The number of carbonyl (C=O) groups excluding carboxylic acids is 1. The molecule has 0 aromatic heterocycles. The predicted molar refractivity (Wildman–Crippen MR) is 103 cm³/mol. The highest BCUT2D eigenvalue weighted by Gasteiger charge is 2.41. The zero-order valence-corrected chi connectivity index (χ0v) is 15.4. The Morgan fingerprint density at radius 2 is 1.62 bits per heavy atom. The van der Waals surface area contributed by atoms with E-state index in [1.165, 1.54) is 11.1 Å². The van der Waals surface area contributed by atoms with Gasteiger partial charge in [0.15, 0.2) is 5.78 Å². The van der Waals surface area contributed by atoms with Crippen molar-refractivity contribution in [3.63, 3.8) is 0 Å². The molecule has 0 amide bonds. The number of hydrogen-bond acceptors (Lipinski definition) is 3. The Labute approximate surface area is 156 Å². The molecule has 2 aliphatic rings. The van der Waals surface area contributed by atoms with Crippen molar-refractivity contribution in [1.29, 1.82) is 0 Å². The minimum atomic E-state index is 0.119. The van der Waals surface area contributed by atoms with Crippen molar-refractivity contribution in [1.82, 2.24) is 4.90 Å². The molecule has 0 spiro atoms. The summed E-state index contributed by atoms with van der Waals surface area (Å²) >= 11 is 0. The van der Waals surface area contributed by atoms with Gasteiger partial charge >= 0.3 is 0 Å². The molecule has 26 heavy (non-hydrogen) atoms. The van der Waals surface area contributed by atoms with Gasteiger partial charge in [-0.3, -0.25) is 9.69 Å². The lowest BCUT2D eigenvalue weighted by Gasteiger charge is -2.48. The molecule has 136 valence electrons. The number of hydrogen-bond donors (Lipinski definition) is 0. The Morgan fingerprint density at radius 1 is 0.962 bits per heavy atom. The average molecular weight is 349 g/mol. The van der Waals surface area contributed by atoms with E-state index in [-0.39, 0.29) is 5.92 Å². The second-order valence-electron chi connectivity index (χ2n) is 7.59. The summed E-state index contributed by atoms with van der Waals surface area (Å²) < 4.78 is 5.82. The standard InChI is InChI=1S/C23H27NO2/c1-2-17-8-10-19(11-9-17)23(25)20-12-21-15-26-16-22(13-20)24(21)14-18-6-4-3-5-7-18/h3-11,20-22H,2,12-16H2,1H3. The number of fused-ring (bicyclic) bond motifs is 2. The quantitative estimate of drug-likeness (QED) is 0.761. The lowest BCUT2D eigenvalue weighted by Crippen LogP contribution is -2.57. The third kappa shape index (κ3) is 3.60. The fraction of sp³-hybridized carbons (Fsp3) is 0.435. The largest absolute Gasteiger partial charge is 0.378 e. The van der Waals surface area contributed by atoms with Gasteiger partial charge in [0.1, 0.15) is 0 Å². The Morgan fingerprint density at radius 3 is 2.23 bits per heavy atom. The molecule has 2 saturated heterocycles. The molecule has 2 fully saturated rings. The molecular weight excluding hydrogens is 322 g/mol. The molecule has 4 rings (SSSR count). The molecule has 0 radical (unpaired) electrons. The summed E-state index contributed by atoms with van der Waals surface area (Å²) in [5.41, 5.74) is 3.48.